The molecule has 1 aromatic carbocycles. The fraction of sp³-hybridized carbons (Fsp3) is 0.500. The number of pyridine rings is 1. The van der Waals surface area contributed by atoms with Crippen molar-refractivity contribution < 1.29 is 9.59 Å². The molecule has 0 aliphatic carbocycles. The van der Waals surface area contributed by atoms with E-state index >= 15 is 0 Å². The van der Waals surface area contributed by atoms with Crippen molar-refractivity contribution in [2.75, 3.05) is 39.8 Å². The Morgan fingerprint density at radius 2 is 1.66 bits per heavy atom. The summed E-state index contributed by atoms with van der Waals surface area (Å²) < 4.78 is 0. The highest BCUT2D eigenvalue weighted by molar-refractivity contribution is 5.94. The zero-order chi connectivity index (χ0) is 22.9. The van der Waals surface area contributed by atoms with E-state index in [0.717, 1.165) is 56.8 Å². The number of rotatable bonds is 4. The molecule has 2 saturated heterocycles. The minimum absolute atomic E-state index is 0.0389. The van der Waals surface area contributed by atoms with E-state index in [9.17, 15) is 9.59 Å². The Morgan fingerprint density at radius 3 is 2.28 bits per heavy atom. The Bertz CT molecular complexity index is 960. The van der Waals surface area contributed by atoms with E-state index in [1.807, 2.05) is 35.8 Å². The highest BCUT2D eigenvalue weighted by atomic mass is 16.2. The quantitative estimate of drug-likeness (QED) is 0.740. The third-order valence-corrected chi connectivity index (χ3v) is 6.99. The minimum atomic E-state index is -0.604. The Hall–Kier alpha value is -2.73. The Morgan fingerprint density at radius 1 is 0.969 bits per heavy atom. The van der Waals surface area contributed by atoms with Crippen LogP contribution in [0.1, 0.15) is 59.9 Å². The Balaban J connectivity index is 1.49. The van der Waals surface area contributed by atoms with Crippen molar-refractivity contribution in [1.29, 1.82) is 0 Å². The molecule has 0 radical (unpaired) electrons. The highest BCUT2D eigenvalue weighted by Gasteiger charge is 2.39. The predicted octanol–water partition coefficient (Wildman–Crippen LogP) is 3.42. The maximum Gasteiger partial charge on any atom is 0.255 e. The smallest absolute Gasteiger partial charge is 0.255 e. The zero-order valence-electron chi connectivity index (χ0n) is 19.7. The van der Waals surface area contributed by atoms with Crippen LogP contribution in [0.5, 0.6) is 0 Å². The second-order valence-electron chi connectivity index (χ2n) is 9.71. The molecule has 2 fully saturated rings. The van der Waals surface area contributed by atoms with Gasteiger partial charge < -0.3 is 14.7 Å². The molecule has 2 amide bonds. The van der Waals surface area contributed by atoms with Gasteiger partial charge in [-0.3, -0.25) is 14.6 Å². The molecule has 0 N–H and O–H groups in total. The molecule has 0 unspecified atom stereocenters. The molecule has 170 valence electrons. The first-order chi connectivity index (χ1) is 15.3. The number of aromatic nitrogens is 1. The molecule has 3 heterocycles. The van der Waals surface area contributed by atoms with Gasteiger partial charge in [-0.15, -0.1) is 0 Å². The van der Waals surface area contributed by atoms with Crippen molar-refractivity contribution >= 4 is 11.8 Å². The topological polar surface area (TPSA) is 56.8 Å². The lowest BCUT2D eigenvalue weighted by Gasteiger charge is -2.33. The first-order valence-electron chi connectivity index (χ1n) is 11.6. The molecule has 6 nitrogen and oxygen atoms in total. The van der Waals surface area contributed by atoms with Crippen molar-refractivity contribution in [2.24, 2.45) is 0 Å². The number of carbonyl (C=O) groups is 2. The molecular weight excluding hydrogens is 400 g/mol. The highest BCUT2D eigenvalue weighted by Crippen LogP contribution is 2.36. The normalized spacial score (nSPS) is 19.9. The van der Waals surface area contributed by atoms with Crippen LogP contribution in [0.3, 0.4) is 0 Å². The third-order valence-electron chi connectivity index (χ3n) is 6.99. The van der Waals surface area contributed by atoms with Gasteiger partial charge in [0, 0.05) is 38.9 Å². The van der Waals surface area contributed by atoms with Gasteiger partial charge in [-0.05, 0) is 58.4 Å². The van der Waals surface area contributed by atoms with Crippen LogP contribution >= 0.6 is 0 Å². The molecule has 2 aliphatic heterocycles. The second-order valence-corrected chi connectivity index (χ2v) is 9.71. The number of amides is 2. The molecule has 1 aromatic heterocycles. The van der Waals surface area contributed by atoms with E-state index < -0.39 is 5.41 Å². The van der Waals surface area contributed by atoms with E-state index in [4.69, 9.17) is 0 Å². The standard InChI is InChI=1S/C26H34N4O2/c1-19-7-10-21(11-8-19)26(2,3)25(32)30-13-5-6-23(30)22-12-9-20(18-27-22)24(31)29-16-14-28(4)15-17-29/h7-12,18,23H,5-6,13-17H2,1-4H3/t23-/m0/s1. The Kier molecular flexibility index (Phi) is 6.33. The molecule has 0 spiro atoms. The van der Waals surface area contributed by atoms with E-state index in [0.29, 0.717) is 5.56 Å². The number of benzene rings is 1. The molecule has 32 heavy (non-hydrogen) atoms. The largest absolute Gasteiger partial charge is 0.336 e. The van der Waals surface area contributed by atoms with Crippen LogP contribution in [0.15, 0.2) is 42.6 Å². The summed E-state index contributed by atoms with van der Waals surface area (Å²) in [7, 11) is 2.08. The number of likely N-dealkylation sites (tertiary alicyclic amines) is 1. The Labute approximate surface area is 191 Å². The first kappa shape index (κ1) is 22.5. The first-order valence-corrected chi connectivity index (χ1v) is 11.6. The number of likely N-dealkylation sites (N-methyl/N-ethyl adjacent to an activating group) is 1. The lowest BCUT2D eigenvalue weighted by molar-refractivity contribution is -0.137. The number of carbonyl (C=O) groups excluding carboxylic acids is 2. The number of hydrogen-bond donors (Lipinski definition) is 0. The molecule has 0 bridgehead atoms. The van der Waals surface area contributed by atoms with Gasteiger partial charge in [0.15, 0.2) is 0 Å². The third kappa shape index (κ3) is 4.42. The number of hydrogen-bond acceptors (Lipinski definition) is 4. The number of nitrogens with zero attached hydrogens (tertiary/aromatic N) is 4. The van der Waals surface area contributed by atoms with Crippen LogP contribution in [0, 0.1) is 6.92 Å². The number of aryl methyl sites for hydroxylation is 1. The average Bonchev–Trinajstić information content (AvgIpc) is 3.29. The summed E-state index contributed by atoms with van der Waals surface area (Å²) in [4.78, 5) is 37.1. The lowest BCUT2D eigenvalue weighted by Crippen LogP contribution is -2.47. The average molecular weight is 435 g/mol. The van der Waals surface area contributed by atoms with Crippen LogP contribution in [0.4, 0.5) is 0 Å². The molecule has 6 heteroatoms. The van der Waals surface area contributed by atoms with Gasteiger partial charge in [-0.2, -0.15) is 0 Å². The van der Waals surface area contributed by atoms with Gasteiger partial charge in [-0.25, -0.2) is 0 Å². The fourth-order valence-electron chi connectivity index (χ4n) is 4.69. The van der Waals surface area contributed by atoms with Crippen molar-refractivity contribution in [2.45, 2.75) is 45.1 Å². The predicted molar refractivity (Wildman–Crippen MR) is 126 cm³/mol. The summed E-state index contributed by atoms with van der Waals surface area (Å²) in [6.07, 6.45) is 3.54. The van der Waals surface area contributed by atoms with E-state index in [1.54, 1.807) is 6.20 Å². The van der Waals surface area contributed by atoms with Crippen LogP contribution in [-0.2, 0) is 10.2 Å². The van der Waals surface area contributed by atoms with Crippen molar-refractivity contribution in [3.63, 3.8) is 0 Å². The van der Waals surface area contributed by atoms with Gasteiger partial charge in [0.05, 0.1) is 22.7 Å². The molecule has 0 saturated carbocycles. The van der Waals surface area contributed by atoms with E-state index in [2.05, 4.69) is 48.1 Å². The summed E-state index contributed by atoms with van der Waals surface area (Å²) in [6, 6.07) is 12.0. The summed E-state index contributed by atoms with van der Waals surface area (Å²) in [6.45, 7) is 10.1. The van der Waals surface area contributed by atoms with Gasteiger partial charge in [0.2, 0.25) is 5.91 Å². The van der Waals surface area contributed by atoms with Crippen LogP contribution in [0.25, 0.3) is 0 Å². The summed E-state index contributed by atoms with van der Waals surface area (Å²) in [5.41, 5.74) is 3.10. The van der Waals surface area contributed by atoms with Crippen molar-refractivity contribution in [3.8, 4) is 0 Å². The maximum absolute atomic E-state index is 13.6. The SMILES string of the molecule is Cc1ccc(C(C)(C)C(=O)N2CCC[C@H]2c2ccc(C(=O)N3CCN(C)CC3)cn2)cc1. The van der Waals surface area contributed by atoms with Gasteiger partial charge in [-0.1, -0.05) is 29.8 Å². The number of piperazine rings is 1. The summed E-state index contributed by atoms with van der Waals surface area (Å²) in [5.74, 6) is 0.167. The molecule has 2 aliphatic rings. The van der Waals surface area contributed by atoms with Crippen molar-refractivity contribution in [1.82, 2.24) is 19.7 Å². The van der Waals surface area contributed by atoms with Crippen LogP contribution in [-0.4, -0.2) is 71.3 Å². The van der Waals surface area contributed by atoms with Gasteiger partial charge >= 0.3 is 0 Å². The summed E-state index contributed by atoms with van der Waals surface area (Å²) in [5, 5.41) is 0. The monoisotopic (exact) mass is 434 g/mol. The lowest BCUT2D eigenvalue weighted by atomic mass is 9.82. The minimum Gasteiger partial charge on any atom is -0.336 e. The molecule has 4 rings (SSSR count). The molecule has 2 aromatic rings. The van der Waals surface area contributed by atoms with E-state index in [-0.39, 0.29) is 17.9 Å². The van der Waals surface area contributed by atoms with Crippen LogP contribution in [0.2, 0.25) is 0 Å². The second kappa shape index (κ2) is 9.02. The van der Waals surface area contributed by atoms with Crippen molar-refractivity contribution in [3.05, 3.63) is 65.0 Å². The maximum atomic E-state index is 13.6. The molecular formula is C26H34N4O2. The fourth-order valence-corrected chi connectivity index (χ4v) is 4.69. The van der Waals surface area contributed by atoms with Crippen LogP contribution < -0.4 is 0 Å². The van der Waals surface area contributed by atoms with Gasteiger partial charge in [0.25, 0.3) is 5.91 Å². The zero-order valence-corrected chi connectivity index (χ0v) is 19.7. The van der Waals surface area contributed by atoms with E-state index in [1.165, 1.54) is 5.56 Å². The molecule has 1 atom stereocenters. The summed E-state index contributed by atoms with van der Waals surface area (Å²) >= 11 is 0. The van der Waals surface area contributed by atoms with Gasteiger partial charge in [0.1, 0.15) is 0 Å².